The summed E-state index contributed by atoms with van der Waals surface area (Å²) in [6.07, 6.45) is 5.23. The largest absolute Gasteiger partial charge is 0.383 e. The number of aromatic nitrogens is 3. The van der Waals surface area contributed by atoms with E-state index >= 15 is 0 Å². The molecule has 0 saturated heterocycles. The van der Waals surface area contributed by atoms with Crippen LogP contribution in [0, 0.1) is 11.3 Å². The molecule has 3 heterocycles. The summed E-state index contributed by atoms with van der Waals surface area (Å²) >= 11 is 3.59. The van der Waals surface area contributed by atoms with E-state index in [1.807, 2.05) is 30.3 Å². The first-order valence-electron chi connectivity index (χ1n) is 10.3. The highest BCUT2D eigenvalue weighted by Crippen LogP contribution is 2.39. The van der Waals surface area contributed by atoms with E-state index in [-0.39, 0.29) is 11.6 Å². The average molecular weight is 506 g/mol. The molecule has 1 amide bonds. The molecule has 3 aromatic rings. The molecule has 1 atom stereocenters. The van der Waals surface area contributed by atoms with Crippen molar-refractivity contribution in [3.8, 4) is 0 Å². The predicted molar refractivity (Wildman–Crippen MR) is 131 cm³/mol. The summed E-state index contributed by atoms with van der Waals surface area (Å²) in [6.45, 7) is 1.16. The number of benzene rings is 1. The van der Waals surface area contributed by atoms with Crippen LogP contribution in [0.15, 0.2) is 64.0 Å². The number of hydrogen-bond acceptors (Lipinski definition) is 7. The van der Waals surface area contributed by atoms with Gasteiger partial charge in [-0.25, -0.2) is 9.98 Å². The highest BCUT2D eigenvalue weighted by Gasteiger charge is 2.38. The molecule has 1 aliphatic heterocycles. The number of allylic oxidation sites excluding steroid dienone is 3. The van der Waals surface area contributed by atoms with E-state index in [4.69, 9.17) is 15.1 Å². The maximum absolute atomic E-state index is 13.2. The normalized spacial score (nSPS) is 18.1. The molecule has 1 aromatic carbocycles. The van der Waals surface area contributed by atoms with Gasteiger partial charge in [0, 0.05) is 40.9 Å². The number of hydrogen-bond donors (Lipinski definition) is 4. The van der Waals surface area contributed by atoms with Crippen LogP contribution in [0.4, 0.5) is 5.82 Å². The fraction of sp³-hybridized carbons (Fsp3) is 0.174. The Labute approximate surface area is 197 Å². The monoisotopic (exact) mass is 505 g/mol. The molecule has 2 aromatic heterocycles. The molecule has 9 nitrogen and oxygen atoms in total. The van der Waals surface area contributed by atoms with Crippen LogP contribution >= 0.6 is 15.9 Å². The van der Waals surface area contributed by atoms with Crippen molar-refractivity contribution in [2.75, 3.05) is 25.6 Å². The highest BCUT2D eigenvalue weighted by molar-refractivity contribution is 9.11. The van der Waals surface area contributed by atoms with Crippen LogP contribution in [0.3, 0.4) is 0 Å². The molecule has 166 valence electrons. The van der Waals surface area contributed by atoms with Gasteiger partial charge in [0.25, 0.3) is 0 Å². The third kappa shape index (κ3) is 3.87. The maximum Gasteiger partial charge on any atom is 0.240 e. The lowest BCUT2D eigenvalue weighted by molar-refractivity contribution is -0.121. The number of amides is 1. The van der Waals surface area contributed by atoms with Gasteiger partial charge in [0.05, 0.1) is 29.7 Å². The fourth-order valence-electron chi connectivity index (χ4n) is 3.94. The topological polar surface area (TPSA) is 128 Å². The lowest BCUT2D eigenvalue weighted by atomic mass is 9.83. The highest BCUT2D eigenvalue weighted by atomic mass is 79.9. The summed E-state index contributed by atoms with van der Waals surface area (Å²) in [7, 11) is 1.64. The van der Waals surface area contributed by atoms with Crippen molar-refractivity contribution < 1.29 is 9.53 Å². The van der Waals surface area contributed by atoms with Crippen molar-refractivity contribution in [1.82, 2.24) is 20.5 Å². The third-order valence-corrected chi connectivity index (χ3v) is 6.16. The first-order valence-corrected chi connectivity index (χ1v) is 11.1. The zero-order chi connectivity index (χ0) is 22.9. The second-order valence-corrected chi connectivity index (χ2v) is 8.43. The van der Waals surface area contributed by atoms with E-state index in [0.29, 0.717) is 46.1 Å². The Bertz CT molecular complexity index is 1370. The molecule has 2 aliphatic rings. The van der Waals surface area contributed by atoms with Gasteiger partial charge in [-0.3, -0.25) is 9.89 Å². The summed E-state index contributed by atoms with van der Waals surface area (Å²) in [4.78, 5) is 22.2. The molecule has 0 saturated carbocycles. The third-order valence-electron chi connectivity index (χ3n) is 5.52. The predicted octanol–water partition coefficient (Wildman–Crippen LogP) is 3.23. The van der Waals surface area contributed by atoms with Gasteiger partial charge in [-0.15, -0.1) is 0 Å². The summed E-state index contributed by atoms with van der Waals surface area (Å²) in [5, 5.41) is 22.8. The SMILES string of the molecule is COCCNc1cc(C2=NC3=C(Br)C=C(c4cccc5[nH]ncc45)C(=N)C3C(=O)N2)ccn1. The van der Waals surface area contributed by atoms with Gasteiger partial charge < -0.3 is 20.8 Å². The van der Waals surface area contributed by atoms with E-state index in [1.54, 1.807) is 25.6 Å². The molecule has 0 fully saturated rings. The van der Waals surface area contributed by atoms with Crippen molar-refractivity contribution in [3.05, 3.63) is 70.1 Å². The van der Waals surface area contributed by atoms with Crippen LogP contribution < -0.4 is 10.6 Å². The molecule has 0 bridgehead atoms. The Hall–Kier alpha value is -3.63. The number of pyridine rings is 1. The summed E-state index contributed by atoms with van der Waals surface area (Å²) in [6, 6.07) is 9.35. The lowest BCUT2D eigenvalue weighted by Crippen LogP contribution is -2.45. The number of rotatable bonds is 6. The number of halogens is 1. The van der Waals surface area contributed by atoms with Crippen LogP contribution in [0.5, 0.6) is 0 Å². The summed E-state index contributed by atoms with van der Waals surface area (Å²) in [5.74, 6) is -0.0375. The van der Waals surface area contributed by atoms with Crippen molar-refractivity contribution >= 4 is 55.7 Å². The van der Waals surface area contributed by atoms with E-state index in [1.165, 1.54) is 0 Å². The molecule has 5 rings (SSSR count). The van der Waals surface area contributed by atoms with Gasteiger partial charge in [0.2, 0.25) is 5.91 Å². The number of nitrogens with zero attached hydrogens (tertiary/aromatic N) is 3. The van der Waals surface area contributed by atoms with Crippen LogP contribution in [0.25, 0.3) is 16.5 Å². The van der Waals surface area contributed by atoms with Gasteiger partial charge in [-0.1, -0.05) is 12.1 Å². The Morgan fingerprint density at radius 1 is 1.30 bits per heavy atom. The number of amidine groups is 1. The summed E-state index contributed by atoms with van der Waals surface area (Å²) < 4.78 is 5.72. The Balaban J connectivity index is 1.54. The number of nitrogens with one attached hydrogen (secondary N) is 4. The smallest absolute Gasteiger partial charge is 0.240 e. The zero-order valence-electron chi connectivity index (χ0n) is 17.6. The number of carbonyl (C=O) groups is 1. The van der Waals surface area contributed by atoms with E-state index in [9.17, 15) is 4.79 Å². The van der Waals surface area contributed by atoms with Crippen LogP contribution in [-0.4, -0.2) is 52.9 Å². The van der Waals surface area contributed by atoms with Crippen molar-refractivity contribution in [2.45, 2.75) is 0 Å². The zero-order valence-corrected chi connectivity index (χ0v) is 19.2. The number of methoxy groups -OCH3 is 1. The van der Waals surface area contributed by atoms with Gasteiger partial charge in [0.1, 0.15) is 17.6 Å². The quantitative estimate of drug-likeness (QED) is 0.382. The molecule has 0 spiro atoms. The van der Waals surface area contributed by atoms with Gasteiger partial charge in [0.15, 0.2) is 0 Å². The van der Waals surface area contributed by atoms with Crippen molar-refractivity contribution in [3.63, 3.8) is 0 Å². The minimum absolute atomic E-state index is 0.193. The molecule has 33 heavy (non-hydrogen) atoms. The molecular weight excluding hydrogens is 486 g/mol. The number of ether oxygens (including phenoxy) is 1. The second-order valence-electron chi connectivity index (χ2n) is 7.57. The lowest BCUT2D eigenvalue weighted by Gasteiger charge is -2.29. The van der Waals surface area contributed by atoms with E-state index in [2.05, 4.69) is 41.7 Å². The minimum Gasteiger partial charge on any atom is -0.383 e. The molecule has 10 heteroatoms. The number of anilines is 1. The van der Waals surface area contributed by atoms with Gasteiger partial charge in [-0.05, 0) is 45.8 Å². The number of carbonyl (C=O) groups excluding carboxylic acids is 1. The average Bonchev–Trinajstić information content (AvgIpc) is 3.31. The second kappa shape index (κ2) is 8.72. The molecular formula is C23H20BrN7O2. The summed E-state index contributed by atoms with van der Waals surface area (Å²) in [5.41, 5.74) is 3.78. The van der Waals surface area contributed by atoms with Gasteiger partial charge >= 0.3 is 0 Å². The Morgan fingerprint density at radius 3 is 3.03 bits per heavy atom. The van der Waals surface area contributed by atoms with Crippen molar-refractivity contribution in [1.29, 1.82) is 5.41 Å². The Kier molecular flexibility index (Phi) is 5.61. The maximum atomic E-state index is 13.2. The first-order chi connectivity index (χ1) is 16.1. The molecule has 1 aliphatic carbocycles. The fourth-order valence-corrected chi connectivity index (χ4v) is 4.48. The molecule has 4 N–H and O–H groups in total. The minimum atomic E-state index is -0.814. The van der Waals surface area contributed by atoms with E-state index < -0.39 is 5.92 Å². The molecule has 1 unspecified atom stereocenters. The number of fused-ring (bicyclic) bond motifs is 2. The standard InChI is InChI=1S/C23H20BrN7O2/c1-33-8-7-27-18-9-12(5-6-26-18)22-29-21-16(24)10-14(20(25)19(21)23(32)30-22)13-3-2-4-17-15(13)11-28-31-17/h2-6,9-11,19,25H,7-8H2,1H3,(H,26,27)(H,28,31)(H,29,30,32). The van der Waals surface area contributed by atoms with Gasteiger partial charge in [-0.2, -0.15) is 5.10 Å². The van der Waals surface area contributed by atoms with E-state index in [0.717, 1.165) is 16.5 Å². The first kappa shape index (κ1) is 21.2. The van der Waals surface area contributed by atoms with Crippen molar-refractivity contribution in [2.24, 2.45) is 10.9 Å². The molecule has 0 radical (unpaired) electrons. The Morgan fingerprint density at radius 2 is 2.18 bits per heavy atom. The van der Waals surface area contributed by atoms with Crippen LogP contribution in [-0.2, 0) is 9.53 Å². The van der Waals surface area contributed by atoms with Crippen LogP contribution in [0.1, 0.15) is 11.1 Å². The number of aliphatic imine (C=N–C) groups is 1. The van der Waals surface area contributed by atoms with Crippen LogP contribution in [0.2, 0.25) is 0 Å². The number of aromatic amines is 1. The number of H-pyrrole nitrogens is 1.